The van der Waals surface area contributed by atoms with Crippen LogP contribution in [-0.2, 0) is 0 Å². The Balaban J connectivity index is 1.83. The van der Waals surface area contributed by atoms with Crippen LogP contribution in [-0.4, -0.2) is 37.4 Å². The summed E-state index contributed by atoms with van der Waals surface area (Å²) in [6.07, 6.45) is 6.06. The molecule has 0 saturated carbocycles. The van der Waals surface area contributed by atoms with Gasteiger partial charge in [-0.05, 0) is 12.8 Å². The van der Waals surface area contributed by atoms with E-state index >= 15 is 0 Å². The predicted molar refractivity (Wildman–Crippen MR) is 49.8 cm³/mol. The molecule has 70 valence electrons. The molecule has 0 aliphatic carbocycles. The zero-order chi connectivity index (χ0) is 8.23. The number of nitrogens with zero attached hydrogens (tertiary/aromatic N) is 1. The molecule has 2 aliphatic heterocycles. The first-order valence-corrected chi connectivity index (χ1v) is 5.18. The molecule has 0 radical (unpaired) electrons. The van der Waals surface area contributed by atoms with Gasteiger partial charge in [0.25, 0.3) is 0 Å². The minimum absolute atomic E-state index is 0.475. The van der Waals surface area contributed by atoms with Crippen LogP contribution in [0, 0.1) is 0 Å². The standard InChI is InChI=1S/C9H19N3/c1-2-4-8-12(7-3-1)9-10-5-6-11-9/h9-11H,1-8H2. The molecule has 2 fully saturated rings. The normalized spacial score (nSPS) is 29.0. The molecule has 0 unspecified atom stereocenters. The fourth-order valence-corrected chi connectivity index (χ4v) is 2.10. The van der Waals surface area contributed by atoms with Crippen molar-refractivity contribution < 1.29 is 0 Å². The molecule has 0 aromatic carbocycles. The molecular formula is C9H19N3. The first kappa shape index (κ1) is 8.48. The zero-order valence-electron chi connectivity index (χ0n) is 7.68. The molecule has 2 saturated heterocycles. The van der Waals surface area contributed by atoms with Crippen LogP contribution in [0.2, 0.25) is 0 Å². The lowest BCUT2D eigenvalue weighted by Crippen LogP contribution is -2.48. The first-order valence-electron chi connectivity index (χ1n) is 5.18. The molecule has 2 rings (SSSR count). The van der Waals surface area contributed by atoms with Gasteiger partial charge in [0.05, 0.1) is 0 Å². The van der Waals surface area contributed by atoms with E-state index in [0.717, 1.165) is 13.1 Å². The van der Waals surface area contributed by atoms with E-state index in [4.69, 9.17) is 0 Å². The Bertz CT molecular complexity index is 124. The average Bonchev–Trinajstić information content (AvgIpc) is 2.48. The van der Waals surface area contributed by atoms with Gasteiger partial charge in [0.1, 0.15) is 6.29 Å². The van der Waals surface area contributed by atoms with Crippen LogP contribution in [0.4, 0.5) is 0 Å². The smallest absolute Gasteiger partial charge is 0.114 e. The van der Waals surface area contributed by atoms with Gasteiger partial charge in [-0.1, -0.05) is 12.8 Å². The summed E-state index contributed by atoms with van der Waals surface area (Å²) in [7, 11) is 0. The van der Waals surface area contributed by atoms with Gasteiger partial charge in [-0.2, -0.15) is 0 Å². The van der Waals surface area contributed by atoms with Gasteiger partial charge in [0.15, 0.2) is 0 Å². The van der Waals surface area contributed by atoms with Crippen molar-refractivity contribution in [1.29, 1.82) is 0 Å². The van der Waals surface area contributed by atoms with Crippen molar-refractivity contribution in [2.75, 3.05) is 26.2 Å². The molecule has 3 nitrogen and oxygen atoms in total. The SMILES string of the molecule is C1CCCN(C2NCCN2)CC1. The minimum atomic E-state index is 0.475. The largest absolute Gasteiger partial charge is 0.288 e. The average molecular weight is 169 g/mol. The summed E-state index contributed by atoms with van der Waals surface area (Å²) < 4.78 is 0. The van der Waals surface area contributed by atoms with Gasteiger partial charge in [0, 0.05) is 26.2 Å². The quantitative estimate of drug-likeness (QED) is 0.592. The number of hydrogen-bond acceptors (Lipinski definition) is 3. The lowest BCUT2D eigenvalue weighted by atomic mass is 10.2. The maximum Gasteiger partial charge on any atom is 0.114 e. The van der Waals surface area contributed by atoms with E-state index in [2.05, 4.69) is 15.5 Å². The number of likely N-dealkylation sites (tertiary alicyclic amines) is 1. The Labute approximate surface area is 74.5 Å². The summed E-state index contributed by atoms with van der Waals surface area (Å²) in [6.45, 7) is 4.79. The highest BCUT2D eigenvalue weighted by Gasteiger charge is 2.21. The summed E-state index contributed by atoms with van der Waals surface area (Å²) in [5.74, 6) is 0. The van der Waals surface area contributed by atoms with E-state index in [0.29, 0.717) is 6.29 Å². The second-order valence-electron chi connectivity index (χ2n) is 3.76. The van der Waals surface area contributed by atoms with Crippen molar-refractivity contribution in [3.05, 3.63) is 0 Å². The minimum Gasteiger partial charge on any atom is -0.288 e. The van der Waals surface area contributed by atoms with Crippen LogP contribution in [0.1, 0.15) is 25.7 Å². The van der Waals surface area contributed by atoms with Gasteiger partial charge in [-0.25, -0.2) is 0 Å². The van der Waals surface area contributed by atoms with Crippen molar-refractivity contribution in [3.63, 3.8) is 0 Å². The fraction of sp³-hybridized carbons (Fsp3) is 1.00. The van der Waals surface area contributed by atoms with E-state index < -0.39 is 0 Å². The van der Waals surface area contributed by atoms with Gasteiger partial charge in [-0.3, -0.25) is 15.5 Å². The van der Waals surface area contributed by atoms with E-state index in [1.807, 2.05) is 0 Å². The van der Waals surface area contributed by atoms with Crippen LogP contribution >= 0.6 is 0 Å². The fourth-order valence-electron chi connectivity index (χ4n) is 2.10. The van der Waals surface area contributed by atoms with Gasteiger partial charge in [-0.15, -0.1) is 0 Å². The Morgan fingerprint density at radius 1 is 0.833 bits per heavy atom. The third-order valence-electron chi connectivity index (χ3n) is 2.81. The third-order valence-corrected chi connectivity index (χ3v) is 2.81. The Morgan fingerprint density at radius 3 is 2.00 bits per heavy atom. The Morgan fingerprint density at radius 2 is 1.42 bits per heavy atom. The maximum atomic E-state index is 3.47. The molecule has 0 bridgehead atoms. The second kappa shape index (κ2) is 4.21. The van der Waals surface area contributed by atoms with E-state index in [1.165, 1.54) is 38.8 Å². The van der Waals surface area contributed by atoms with E-state index in [9.17, 15) is 0 Å². The van der Waals surface area contributed by atoms with E-state index in [-0.39, 0.29) is 0 Å². The highest BCUT2D eigenvalue weighted by atomic mass is 15.4. The van der Waals surface area contributed by atoms with Gasteiger partial charge < -0.3 is 0 Å². The van der Waals surface area contributed by atoms with Crippen LogP contribution in [0.15, 0.2) is 0 Å². The lowest BCUT2D eigenvalue weighted by Gasteiger charge is -2.27. The van der Waals surface area contributed by atoms with Crippen LogP contribution < -0.4 is 10.6 Å². The van der Waals surface area contributed by atoms with Crippen molar-refractivity contribution in [1.82, 2.24) is 15.5 Å². The van der Waals surface area contributed by atoms with Crippen molar-refractivity contribution in [3.8, 4) is 0 Å². The maximum absolute atomic E-state index is 3.47. The summed E-state index contributed by atoms with van der Waals surface area (Å²) in [4.78, 5) is 2.54. The number of rotatable bonds is 1. The summed E-state index contributed by atoms with van der Waals surface area (Å²) in [5.41, 5.74) is 0. The van der Waals surface area contributed by atoms with Crippen LogP contribution in [0.3, 0.4) is 0 Å². The highest BCUT2D eigenvalue weighted by Crippen LogP contribution is 2.11. The van der Waals surface area contributed by atoms with Gasteiger partial charge >= 0.3 is 0 Å². The molecule has 2 heterocycles. The van der Waals surface area contributed by atoms with Crippen molar-refractivity contribution in [2.24, 2.45) is 0 Å². The predicted octanol–water partition coefficient (Wildman–Crippen LogP) is 0.339. The summed E-state index contributed by atoms with van der Waals surface area (Å²) in [6, 6.07) is 0. The molecule has 0 amide bonds. The van der Waals surface area contributed by atoms with Crippen LogP contribution in [0.5, 0.6) is 0 Å². The molecule has 3 heteroatoms. The Hall–Kier alpha value is -0.120. The summed E-state index contributed by atoms with van der Waals surface area (Å²) >= 11 is 0. The van der Waals surface area contributed by atoms with E-state index in [1.54, 1.807) is 0 Å². The molecule has 12 heavy (non-hydrogen) atoms. The summed E-state index contributed by atoms with van der Waals surface area (Å²) in [5, 5.41) is 6.94. The van der Waals surface area contributed by atoms with Gasteiger partial charge in [0.2, 0.25) is 0 Å². The van der Waals surface area contributed by atoms with Crippen molar-refractivity contribution in [2.45, 2.75) is 32.0 Å². The molecule has 0 spiro atoms. The monoisotopic (exact) mass is 169 g/mol. The highest BCUT2D eigenvalue weighted by molar-refractivity contribution is 4.75. The third kappa shape index (κ3) is 1.97. The molecular weight excluding hydrogens is 150 g/mol. The molecule has 0 aromatic heterocycles. The van der Waals surface area contributed by atoms with Crippen molar-refractivity contribution >= 4 is 0 Å². The zero-order valence-corrected chi connectivity index (χ0v) is 7.68. The second-order valence-corrected chi connectivity index (χ2v) is 3.76. The molecule has 0 aromatic rings. The number of nitrogens with one attached hydrogen (secondary N) is 2. The number of hydrogen-bond donors (Lipinski definition) is 2. The van der Waals surface area contributed by atoms with Crippen LogP contribution in [0.25, 0.3) is 0 Å². The molecule has 2 aliphatic rings. The molecule has 0 atom stereocenters. The first-order chi connectivity index (χ1) is 5.97. The molecule has 2 N–H and O–H groups in total. The topological polar surface area (TPSA) is 27.3 Å². The lowest BCUT2D eigenvalue weighted by molar-refractivity contribution is 0.171. The Kier molecular flexibility index (Phi) is 2.98.